The minimum atomic E-state index is -0.538. The second kappa shape index (κ2) is 10.2. The van der Waals surface area contributed by atoms with Crippen molar-refractivity contribution in [3.8, 4) is 0 Å². The van der Waals surface area contributed by atoms with Gasteiger partial charge in [-0.1, -0.05) is 30.3 Å². The molecular weight excluding hydrogens is 402 g/mol. The summed E-state index contributed by atoms with van der Waals surface area (Å²) < 4.78 is 9.55. The Hall–Kier alpha value is -2.97. The van der Waals surface area contributed by atoms with E-state index >= 15 is 0 Å². The van der Waals surface area contributed by atoms with Crippen LogP contribution in [0, 0.1) is 0 Å². The monoisotopic (exact) mass is 427 g/mol. The number of benzene rings is 2. The zero-order valence-electron chi connectivity index (χ0n) is 17.1. The van der Waals surface area contributed by atoms with Gasteiger partial charge in [-0.25, -0.2) is 9.59 Å². The van der Waals surface area contributed by atoms with Crippen LogP contribution in [0.15, 0.2) is 48.5 Å². The highest BCUT2D eigenvalue weighted by molar-refractivity contribution is 7.80. The van der Waals surface area contributed by atoms with Gasteiger partial charge in [0.15, 0.2) is 5.11 Å². The van der Waals surface area contributed by atoms with Crippen LogP contribution in [-0.2, 0) is 16.0 Å². The normalized spacial score (nSPS) is 14.1. The predicted molar refractivity (Wildman–Crippen MR) is 119 cm³/mol. The van der Waals surface area contributed by atoms with Crippen LogP contribution < -0.4 is 5.32 Å². The summed E-state index contributed by atoms with van der Waals surface area (Å²) in [6, 6.07) is 15.0. The molecule has 1 heterocycles. The van der Waals surface area contributed by atoms with Crippen molar-refractivity contribution in [3.05, 3.63) is 65.2 Å². The first-order chi connectivity index (χ1) is 14.5. The molecule has 3 rings (SSSR count). The zero-order valence-corrected chi connectivity index (χ0v) is 17.9. The maximum absolute atomic E-state index is 12.0. The fourth-order valence-corrected chi connectivity index (χ4v) is 3.62. The van der Waals surface area contributed by atoms with Crippen LogP contribution in [0.1, 0.15) is 26.3 Å². The van der Waals surface area contributed by atoms with E-state index in [-0.39, 0.29) is 11.1 Å². The molecule has 1 fully saturated rings. The molecule has 2 aromatic rings. The number of nitrogens with one attached hydrogen (secondary N) is 1. The third-order valence-electron chi connectivity index (χ3n) is 4.93. The maximum Gasteiger partial charge on any atom is 0.337 e. The van der Waals surface area contributed by atoms with E-state index in [1.807, 2.05) is 6.07 Å². The van der Waals surface area contributed by atoms with Crippen LogP contribution in [0.25, 0.3) is 0 Å². The molecule has 0 aliphatic carbocycles. The van der Waals surface area contributed by atoms with Crippen molar-refractivity contribution < 1.29 is 19.1 Å². The molecule has 2 aromatic carbocycles. The molecule has 158 valence electrons. The molecule has 0 amide bonds. The number of piperazine rings is 1. The summed E-state index contributed by atoms with van der Waals surface area (Å²) in [7, 11) is 2.58. The van der Waals surface area contributed by atoms with Crippen LogP contribution in [0.4, 0.5) is 5.69 Å². The Bertz CT molecular complexity index is 878. The van der Waals surface area contributed by atoms with Crippen molar-refractivity contribution in [2.75, 3.05) is 45.7 Å². The molecule has 0 spiro atoms. The van der Waals surface area contributed by atoms with Gasteiger partial charge in [0.2, 0.25) is 0 Å². The van der Waals surface area contributed by atoms with Crippen molar-refractivity contribution in [1.29, 1.82) is 0 Å². The number of hydrogen-bond acceptors (Lipinski definition) is 6. The smallest absolute Gasteiger partial charge is 0.337 e. The third kappa shape index (κ3) is 5.55. The van der Waals surface area contributed by atoms with E-state index in [4.69, 9.17) is 21.7 Å². The molecule has 0 bridgehead atoms. The van der Waals surface area contributed by atoms with Crippen LogP contribution in [0.3, 0.4) is 0 Å². The molecule has 0 atom stereocenters. The number of thiocarbonyl (C=S) groups is 1. The Morgan fingerprint density at radius 3 is 2.03 bits per heavy atom. The minimum Gasteiger partial charge on any atom is -0.465 e. The molecule has 0 radical (unpaired) electrons. The highest BCUT2D eigenvalue weighted by Gasteiger charge is 2.20. The number of carbonyl (C=O) groups is 2. The fraction of sp³-hybridized carbons (Fsp3) is 0.318. The highest BCUT2D eigenvalue weighted by atomic mass is 32.1. The fourth-order valence-electron chi connectivity index (χ4n) is 3.32. The van der Waals surface area contributed by atoms with Gasteiger partial charge in [0.25, 0.3) is 0 Å². The largest absolute Gasteiger partial charge is 0.465 e. The molecule has 1 aliphatic heterocycles. The molecule has 30 heavy (non-hydrogen) atoms. The first-order valence-corrected chi connectivity index (χ1v) is 10.0. The number of methoxy groups -OCH3 is 2. The van der Waals surface area contributed by atoms with Gasteiger partial charge in [0, 0.05) is 38.4 Å². The first-order valence-electron chi connectivity index (χ1n) is 9.64. The lowest BCUT2D eigenvalue weighted by Gasteiger charge is -2.36. The second-order valence-corrected chi connectivity index (χ2v) is 7.35. The molecule has 1 N–H and O–H groups in total. The van der Waals surface area contributed by atoms with Crippen LogP contribution >= 0.6 is 12.2 Å². The average Bonchev–Trinajstić information content (AvgIpc) is 2.78. The van der Waals surface area contributed by atoms with Crippen molar-refractivity contribution >= 4 is 35.0 Å². The van der Waals surface area contributed by atoms with Gasteiger partial charge in [-0.3, -0.25) is 4.90 Å². The Morgan fingerprint density at radius 2 is 1.50 bits per heavy atom. The van der Waals surface area contributed by atoms with Gasteiger partial charge in [0.05, 0.1) is 25.3 Å². The van der Waals surface area contributed by atoms with E-state index in [0.29, 0.717) is 10.8 Å². The quantitative estimate of drug-likeness (QED) is 0.577. The Morgan fingerprint density at radius 1 is 0.933 bits per heavy atom. The van der Waals surface area contributed by atoms with E-state index in [9.17, 15) is 9.59 Å². The van der Waals surface area contributed by atoms with Gasteiger partial charge in [-0.2, -0.15) is 0 Å². The van der Waals surface area contributed by atoms with Gasteiger partial charge >= 0.3 is 11.9 Å². The van der Waals surface area contributed by atoms with Crippen molar-refractivity contribution in [2.45, 2.75) is 6.54 Å². The number of anilines is 1. The Labute approximate surface area is 181 Å². The van der Waals surface area contributed by atoms with Gasteiger partial charge in [-0.15, -0.1) is 0 Å². The van der Waals surface area contributed by atoms with E-state index < -0.39 is 11.9 Å². The molecule has 0 unspecified atom stereocenters. The summed E-state index contributed by atoms with van der Waals surface area (Å²) in [6.45, 7) is 4.29. The SMILES string of the molecule is COC(=O)c1cc(NC(=S)N2CCN(Cc3ccccc3)CC2)cc(C(=O)OC)c1. The summed E-state index contributed by atoms with van der Waals surface area (Å²) in [5.74, 6) is -1.08. The zero-order chi connectivity index (χ0) is 21.5. The Balaban J connectivity index is 1.63. The summed E-state index contributed by atoms with van der Waals surface area (Å²) in [4.78, 5) is 28.4. The molecule has 1 aliphatic rings. The summed E-state index contributed by atoms with van der Waals surface area (Å²) in [6.07, 6.45) is 0. The average molecular weight is 428 g/mol. The third-order valence-corrected chi connectivity index (χ3v) is 5.30. The first kappa shape index (κ1) is 21.7. The summed E-state index contributed by atoms with van der Waals surface area (Å²) in [5, 5.41) is 3.69. The van der Waals surface area contributed by atoms with Gasteiger partial charge < -0.3 is 19.7 Å². The van der Waals surface area contributed by atoms with Crippen molar-refractivity contribution in [1.82, 2.24) is 9.80 Å². The van der Waals surface area contributed by atoms with Crippen molar-refractivity contribution in [3.63, 3.8) is 0 Å². The number of esters is 2. The van der Waals surface area contributed by atoms with Crippen LogP contribution in [0.5, 0.6) is 0 Å². The Kier molecular flexibility index (Phi) is 7.37. The lowest BCUT2D eigenvalue weighted by atomic mass is 10.1. The lowest BCUT2D eigenvalue weighted by Crippen LogP contribution is -2.49. The van der Waals surface area contributed by atoms with E-state index in [1.54, 1.807) is 12.1 Å². The minimum absolute atomic E-state index is 0.249. The van der Waals surface area contributed by atoms with Crippen molar-refractivity contribution in [2.24, 2.45) is 0 Å². The second-order valence-electron chi connectivity index (χ2n) is 6.96. The van der Waals surface area contributed by atoms with Gasteiger partial charge in [-0.05, 0) is 36.0 Å². The van der Waals surface area contributed by atoms with Crippen LogP contribution in [-0.4, -0.2) is 67.2 Å². The van der Waals surface area contributed by atoms with E-state index in [2.05, 4.69) is 39.4 Å². The number of carbonyl (C=O) groups excluding carboxylic acids is 2. The standard InChI is InChI=1S/C22H25N3O4S/c1-28-20(26)17-12-18(21(27)29-2)14-19(13-17)23-22(30)25-10-8-24(9-11-25)15-16-6-4-3-5-7-16/h3-7,12-14H,8-11,15H2,1-2H3,(H,23,30). The molecule has 8 heteroatoms. The van der Waals surface area contributed by atoms with Crippen LogP contribution in [0.2, 0.25) is 0 Å². The number of nitrogens with zero attached hydrogens (tertiary/aromatic N) is 2. The molecule has 0 saturated carbocycles. The lowest BCUT2D eigenvalue weighted by molar-refractivity contribution is 0.0599. The highest BCUT2D eigenvalue weighted by Crippen LogP contribution is 2.18. The van der Waals surface area contributed by atoms with E-state index in [0.717, 1.165) is 32.7 Å². The molecular formula is C22H25N3O4S. The number of rotatable bonds is 5. The molecule has 1 saturated heterocycles. The van der Waals surface area contributed by atoms with Gasteiger partial charge in [0.1, 0.15) is 0 Å². The molecule has 7 nitrogen and oxygen atoms in total. The van der Waals surface area contributed by atoms with E-state index in [1.165, 1.54) is 25.8 Å². The molecule has 0 aromatic heterocycles. The summed E-state index contributed by atoms with van der Waals surface area (Å²) in [5.41, 5.74) is 2.33. The maximum atomic E-state index is 12.0. The number of hydrogen-bond donors (Lipinski definition) is 1. The topological polar surface area (TPSA) is 71.1 Å². The number of ether oxygens (including phenoxy) is 2. The predicted octanol–water partition coefficient (Wildman–Crippen LogP) is 2.77. The summed E-state index contributed by atoms with van der Waals surface area (Å²) >= 11 is 5.56.